The maximum atomic E-state index is 13.0. The summed E-state index contributed by atoms with van der Waals surface area (Å²) in [6, 6.07) is 27.5. The Morgan fingerprint density at radius 3 is 1.78 bits per heavy atom. The van der Waals surface area contributed by atoms with Gasteiger partial charge in [0.15, 0.2) is 6.10 Å². The van der Waals surface area contributed by atoms with Crippen molar-refractivity contribution in [1.82, 2.24) is 9.97 Å². The summed E-state index contributed by atoms with van der Waals surface area (Å²) in [5, 5.41) is 2.76. The average molecular weight is 548 g/mol. The Hall–Kier alpha value is -5.24. The van der Waals surface area contributed by atoms with Gasteiger partial charge in [0.25, 0.3) is 5.91 Å². The van der Waals surface area contributed by atoms with Crippen molar-refractivity contribution in [3.63, 3.8) is 0 Å². The number of hydrogen-bond acceptors (Lipinski definition) is 7. The van der Waals surface area contributed by atoms with Gasteiger partial charge in [-0.25, -0.2) is 14.8 Å². The van der Waals surface area contributed by atoms with Crippen molar-refractivity contribution < 1.29 is 23.8 Å². The lowest BCUT2D eigenvalue weighted by molar-refractivity contribution is -0.123. The van der Waals surface area contributed by atoms with Crippen LogP contribution in [-0.4, -0.2) is 42.2 Å². The average Bonchev–Trinajstić information content (AvgIpc) is 3.01. The molecule has 1 atom stereocenters. The zero-order valence-corrected chi connectivity index (χ0v) is 23.2. The minimum absolute atomic E-state index is 0.264. The van der Waals surface area contributed by atoms with E-state index in [0.29, 0.717) is 28.1 Å². The van der Waals surface area contributed by atoms with Crippen LogP contribution < -0.4 is 14.8 Å². The van der Waals surface area contributed by atoms with Crippen molar-refractivity contribution in [3.8, 4) is 34.0 Å². The first-order valence-electron chi connectivity index (χ1n) is 13.0. The number of nitrogens with one attached hydrogen (secondary N) is 1. The molecule has 0 saturated carbocycles. The zero-order valence-electron chi connectivity index (χ0n) is 23.2. The molecule has 1 N–H and O–H groups in total. The fraction of sp³-hybridized carbons (Fsp3) is 0.152. The Morgan fingerprint density at radius 1 is 0.707 bits per heavy atom. The summed E-state index contributed by atoms with van der Waals surface area (Å²) >= 11 is 0. The smallest absolute Gasteiger partial charge is 0.338 e. The van der Waals surface area contributed by atoms with Crippen molar-refractivity contribution in [2.45, 2.75) is 20.0 Å². The molecule has 0 bridgehead atoms. The van der Waals surface area contributed by atoms with E-state index >= 15 is 0 Å². The van der Waals surface area contributed by atoms with Gasteiger partial charge in [0, 0.05) is 16.8 Å². The van der Waals surface area contributed by atoms with E-state index in [-0.39, 0.29) is 5.56 Å². The monoisotopic (exact) mass is 547 g/mol. The fourth-order valence-corrected chi connectivity index (χ4v) is 4.24. The number of fused-ring (bicyclic) bond motifs is 1. The van der Waals surface area contributed by atoms with E-state index in [9.17, 15) is 9.59 Å². The van der Waals surface area contributed by atoms with Gasteiger partial charge in [-0.2, -0.15) is 0 Å². The lowest BCUT2D eigenvalue weighted by Gasteiger charge is -2.14. The molecule has 1 amide bonds. The van der Waals surface area contributed by atoms with Gasteiger partial charge < -0.3 is 19.5 Å². The highest BCUT2D eigenvalue weighted by Crippen LogP contribution is 2.33. The highest BCUT2D eigenvalue weighted by atomic mass is 16.5. The van der Waals surface area contributed by atoms with Crippen molar-refractivity contribution in [2.24, 2.45) is 0 Å². The van der Waals surface area contributed by atoms with Crippen LogP contribution >= 0.6 is 0 Å². The number of aryl methyl sites for hydroxylation is 1. The number of ether oxygens (including phenoxy) is 3. The van der Waals surface area contributed by atoms with Crippen LogP contribution in [0.2, 0.25) is 0 Å². The molecule has 1 heterocycles. The Labute approximate surface area is 237 Å². The van der Waals surface area contributed by atoms with Crippen LogP contribution in [0.5, 0.6) is 11.5 Å². The maximum absolute atomic E-state index is 13.0. The lowest BCUT2D eigenvalue weighted by Crippen LogP contribution is -2.30. The van der Waals surface area contributed by atoms with E-state index < -0.39 is 18.0 Å². The Kier molecular flexibility index (Phi) is 7.92. The molecule has 4 aromatic carbocycles. The molecule has 8 heteroatoms. The molecular formula is C33H29N3O5. The molecule has 206 valence electrons. The summed E-state index contributed by atoms with van der Waals surface area (Å²) in [5.41, 5.74) is 6.11. The molecule has 8 nitrogen and oxygen atoms in total. The van der Waals surface area contributed by atoms with Gasteiger partial charge in [0.1, 0.15) is 11.5 Å². The Bertz CT molecular complexity index is 1700. The molecule has 1 unspecified atom stereocenters. The third-order valence-corrected chi connectivity index (χ3v) is 6.60. The quantitative estimate of drug-likeness (QED) is 0.222. The molecular weight excluding hydrogens is 518 g/mol. The molecule has 1 aromatic heterocycles. The molecule has 0 spiro atoms. The summed E-state index contributed by atoms with van der Waals surface area (Å²) in [7, 11) is 3.23. The normalized spacial score (nSPS) is 11.5. The van der Waals surface area contributed by atoms with E-state index in [2.05, 4.69) is 5.32 Å². The Balaban J connectivity index is 1.45. The topological polar surface area (TPSA) is 99.6 Å². The fourth-order valence-electron chi connectivity index (χ4n) is 4.24. The van der Waals surface area contributed by atoms with Crippen LogP contribution in [0.4, 0.5) is 5.69 Å². The highest BCUT2D eigenvalue weighted by Gasteiger charge is 2.21. The lowest BCUT2D eigenvalue weighted by atomic mass is 10.0. The SMILES string of the molecule is COc1ccc(-c2nc3ccc(C(=O)OC(C)C(=O)Nc4ccc(C)cc4)cc3nc2-c2ccc(OC)cc2)cc1. The van der Waals surface area contributed by atoms with Crippen LogP contribution in [0.3, 0.4) is 0 Å². The third-order valence-electron chi connectivity index (χ3n) is 6.60. The molecule has 5 rings (SSSR count). The van der Waals surface area contributed by atoms with Gasteiger partial charge in [0.05, 0.1) is 42.2 Å². The van der Waals surface area contributed by atoms with Crippen LogP contribution in [0.25, 0.3) is 33.5 Å². The number of anilines is 1. The molecule has 0 aliphatic rings. The minimum atomic E-state index is -1.00. The summed E-state index contributed by atoms with van der Waals surface area (Å²) in [6.07, 6.45) is -1.00. The van der Waals surface area contributed by atoms with Crippen LogP contribution in [0.15, 0.2) is 91.0 Å². The Morgan fingerprint density at radius 2 is 1.24 bits per heavy atom. The molecule has 0 fully saturated rings. The third kappa shape index (κ3) is 6.17. The van der Waals surface area contributed by atoms with Crippen molar-refractivity contribution in [3.05, 3.63) is 102 Å². The number of esters is 1. The predicted molar refractivity (Wildman–Crippen MR) is 158 cm³/mol. The van der Waals surface area contributed by atoms with Crippen molar-refractivity contribution in [1.29, 1.82) is 0 Å². The molecule has 0 aliphatic carbocycles. The standard InChI is InChI=1S/C33H29N3O5/c1-20-5-12-25(13-6-20)34-32(37)21(2)41-33(38)24-11-18-28-29(19-24)36-31(23-9-16-27(40-4)17-10-23)30(35-28)22-7-14-26(39-3)15-8-22/h5-19,21H,1-4H3,(H,34,37). The first-order valence-corrected chi connectivity index (χ1v) is 13.0. The van der Waals surface area contributed by atoms with E-state index in [1.807, 2.05) is 67.6 Å². The van der Waals surface area contributed by atoms with Gasteiger partial charge in [-0.05, 0) is 92.7 Å². The second kappa shape index (κ2) is 11.9. The number of aromatic nitrogens is 2. The number of carbonyl (C=O) groups excluding carboxylic acids is 2. The van der Waals surface area contributed by atoms with E-state index in [0.717, 1.165) is 28.2 Å². The van der Waals surface area contributed by atoms with Crippen LogP contribution in [-0.2, 0) is 9.53 Å². The van der Waals surface area contributed by atoms with E-state index in [4.69, 9.17) is 24.2 Å². The van der Waals surface area contributed by atoms with Gasteiger partial charge in [-0.15, -0.1) is 0 Å². The van der Waals surface area contributed by atoms with Gasteiger partial charge >= 0.3 is 5.97 Å². The summed E-state index contributed by atoms with van der Waals surface area (Å²) in [5.74, 6) is 0.400. The van der Waals surface area contributed by atoms with Gasteiger partial charge in [0.2, 0.25) is 0 Å². The predicted octanol–water partition coefficient (Wildman–Crippen LogP) is 6.47. The molecule has 0 radical (unpaired) electrons. The van der Waals surface area contributed by atoms with Crippen molar-refractivity contribution in [2.75, 3.05) is 19.5 Å². The number of methoxy groups -OCH3 is 2. The maximum Gasteiger partial charge on any atom is 0.338 e. The molecule has 0 aliphatic heterocycles. The molecule has 5 aromatic rings. The first kappa shape index (κ1) is 27.3. The summed E-state index contributed by atoms with van der Waals surface area (Å²) in [4.78, 5) is 35.4. The van der Waals surface area contributed by atoms with Crippen LogP contribution in [0.1, 0.15) is 22.8 Å². The second-order valence-corrected chi connectivity index (χ2v) is 9.48. The molecule has 0 saturated heterocycles. The van der Waals surface area contributed by atoms with Gasteiger partial charge in [-0.3, -0.25) is 4.79 Å². The number of amides is 1. The summed E-state index contributed by atoms with van der Waals surface area (Å²) < 4.78 is 16.1. The number of nitrogens with zero attached hydrogens (tertiary/aromatic N) is 2. The van der Waals surface area contributed by atoms with E-state index in [1.54, 1.807) is 44.6 Å². The summed E-state index contributed by atoms with van der Waals surface area (Å²) in [6.45, 7) is 3.50. The van der Waals surface area contributed by atoms with Gasteiger partial charge in [-0.1, -0.05) is 17.7 Å². The first-order chi connectivity index (χ1) is 19.8. The number of hydrogen-bond donors (Lipinski definition) is 1. The largest absolute Gasteiger partial charge is 0.497 e. The van der Waals surface area contributed by atoms with Crippen LogP contribution in [0, 0.1) is 6.92 Å². The van der Waals surface area contributed by atoms with Crippen molar-refractivity contribution >= 4 is 28.6 Å². The number of benzene rings is 4. The number of rotatable bonds is 8. The van der Waals surface area contributed by atoms with E-state index in [1.165, 1.54) is 6.92 Å². The second-order valence-electron chi connectivity index (χ2n) is 9.48. The molecule has 41 heavy (non-hydrogen) atoms. The number of carbonyl (C=O) groups is 2. The highest BCUT2D eigenvalue weighted by molar-refractivity contribution is 5.99. The minimum Gasteiger partial charge on any atom is -0.497 e. The zero-order chi connectivity index (χ0) is 28.9.